The van der Waals surface area contributed by atoms with Crippen LogP contribution in [0.2, 0.25) is 0 Å². The molecule has 0 fully saturated rings. The quantitative estimate of drug-likeness (QED) is 0.827. The Kier molecular flexibility index (Phi) is 7.10. The van der Waals surface area contributed by atoms with Crippen LogP contribution < -0.4 is 5.32 Å². The van der Waals surface area contributed by atoms with Gasteiger partial charge in [-0.2, -0.15) is 0 Å². The Bertz CT molecular complexity index is 291. The monoisotopic (exact) mass is 225 g/mol. The molecule has 0 saturated heterocycles. The molecule has 1 aromatic rings. The lowest BCUT2D eigenvalue weighted by molar-refractivity contribution is 0.623. The number of rotatable bonds is 4. The summed E-state index contributed by atoms with van der Waals surface area (Å²) in [6.45, 7) is 7.44. The maximum atomic E-state index is 3.40. The predicted octanol–water partition coefficient (Wildman–Crippen LogP) is 3.51. The molecule has 0 spiro atoms. The van der Waals surface area contributed by atoms with E-state index in [1.165, 1.54) is 11.1 Å². The first-order valence-electron chi connectivity index (χ1n) is 5.14. The summed E-state index contributed by atoms with van der Waals surface area (Å²) < 4.78 is 0. The molecule has 0 unspecified atom stereocenters. The lowest BCUT2D eigenvalue weighted by Gasteiger charge is -2.07. The van der Waals surface area contributed by atoms with Crippen LogP contribution in [0.15, 0.2) is 35.9 Å². The van der Waals surface area contributed by atoms with Crippen molar-refractivity contribution in [2.75, 3.05) is 6.54 Å². The molecule has 1 N–H and O–H groups in total. The highest BCUT2D eigenvalue weighted by atomic mass is 35.5. The molecule has 15 heavy (non-hydrogen) atoms. The zero-order valence-electron chi connectivity index (χ0n) is 9.66. The molecule has 0 atom stereocenters. The molecule has 0 amide bonds. The van der Waals surface area contributed by atoms with Gasteiger partial charge in [0.2, 0.25) is 0 Å². The maximum Gasteiger partial charge on any atom is 0.0167 e. The summed E-state index contributed by atoms with van der Waals surface area (Å²) in [5.74, 6) is 0. The summed E-state index contributed by atoms with van der Waals surface area (Å²) in [5.41, 5.74) is 2.64. The van der Waals surface area contributed by atoms with Gasteiger partial charge in [-0.05, 0) is 12.5 Å². The summed E-state index contributed by atoms with van der Waals surface area (Å²) in [7, 11) is 0. The largest absolute Gasteiger partial charge is 0.311 e. The molecule has 2 heteroatoms. The minimum absolute atomic E-state index is 0. The zero-order valence-corrected chi connectivity index (χ0v) is 10.5. The third-order valence-electron chi connectivity index (χ3n) is 2.00. The number of hydrogen-bond donors (Lipinski definition) is 1. The topological polar surface area (TPSA) is 12.0 Å². The van der Waals surface area contributed by atoms with Gasteiger partial charge in [0.1, 0.15) is 0 Å². The summed E-state index contributed by atoms with van der Waals surface area (Å²) >= 11 is 0. The van der Waals surface area contributed by atoms with Gasteiger partial charge in [0.05, 0.1) is 0 Å². The molecule has 0 radical (unpaired) electrons. The van der Waals surface area contributed by atoms with E-state index in [2.05, 4.69) is 56.4 Å². The minimum Gasteiger partial charge on any atom is -0.311 e. The highest BCUT2D eigenvalue weighted by Crippen LogP contribution is 2.05. The molecule has 0 saturated carbocycles. The van der Waals surface area contributed by atoms with Crippen LogP contribution >= 0.6 is 12.4 Å². The van der Waals surface area contributed by atoms with Gasteiger partial charge in [-0.15, -0.1) is 12.4 Å². The first kappa shape index (κ1) is 14.2. The fourth-order valence-corrected chi connectivity index (χ4v) is 1.25. The van der Waals surface area contributed by atoms with E-state index in [-0.39, 0.29) is 12.4 Å². The molecule has 1 nitrogen and oxygen atoms in total. The van der Waals surface area contributed by atoms with Crippen molar-refractivity contribution >= 4 is 18.5 Å². The van der Waals surface area contributed by atoms with Crippen LogP contribution in [0.25, 0.3) is 6.08 Å². The highest BCUT2D eigenvalue weighted by molar-refractivity contribution is 5.85. The Labute approximate surface area is 99.0 Å². The van der Waals surface area contributed by atoms with Crippen LogP contribution in [0, 0.1) is 0 Å². The summed E-state index contributed by atoms with van der Waals surface area (Å²) in [4.78, 5) is 0. The van der Waals surface area contributed by atoms with Crippen LogP contribution in [0.4, 0.5) is 0 Å². The molecule has 0 bridgehead atoms. The number of benzene rings is 1. The zero-order chi connectivity index (χ0) is 10.4. The van der Waals surface area contributed by atoms with E-state index in [0.29, 0.717) is 6.04 Å². The average molecular weight is 226 g/mol. The first-order valence-corrected chi connectivity index (χ1v) is 5.14. The molecular formula is C13H20ClN. The van der Waals surface area contributed by atoms with Crippen LogP contribution in [0.5, 0.6) is 0 Å². The Morgan fingerprint density at radius 1 is 1.27 bits per heavy atom. The van der Waals surface area contributed by atoms with Gasteiger partial charge in [0, 0.05) is 12.6 Å². The Morgan fingerprint density at radius 2 is 1.87 bits per heavy atom. The van der Waals surface area contributed by atoms with Gasteiger partial charge in [0.15, 0.2) is 0 Å². The standard InChI is InChI=1S/C13H19N.ClH/c1-11(2)14-10-12(3)9-13-7-5-4-6-8-13;/h4-9,11,14H,10H2,1-3H3;1H. The summed E-state index contributed by atoms with van der Waals surface area (Å²) in [6, 6.07) is 11.0. The van der Waals surface area contributed by atoms with Crippen molar-refractivity contribution in [3.63, 3.8) is 0 Å². The second-order valence-electron chi connectivity index (χ2n) is 3.94. The van der Waals surface area contributed by atoms with Crippen molar-refractivity contribution in [2.24, 2.45) is 0 Å². The van der Waals surface area contributed by atoms with E-state index in [4.69, 9.17) is 0 Å². The lowest BCUT2D eigenvalue weighted by atomic mass is 10.1. The fraction of sp³-hybridized carbons (Fsp3) is 0.385. The molecule has 0 aromatic heterocycles. The third-order valence-corrected chi connectivity index (χ3v) is 2.00. The molecule has 84 valence electrons. The van der Waals surface area contributed by atoms with E-state index in [9.17, 15) is 0 Å². The molecular weight excluding hydrogens is 206 g/mol. The van der Waals surface area contributed by atoms with Crippen molar-refractivity contribution in [3.8, 4) is 0 Å². The van der Waals surface area contributed by atoms with Crippen molar-refractivity contribution in [2.45, 2.75) is 26.8 Å². The number of halogens is 1. The Hall–Kier alpha value is -0.790. The molecule has 0 aliphatic heterocycles. The molecule has 1 aromatic carbocycles. The third kappa shape index (κ3) is 6.32. The molecule has 0 heterocycles. The normalized spacial score (nSPS) is 11.3. The van der Waals surface area contributed by atoms with Gasteiger partial charge in [-0.3, -0.25) is 0 Å². The van der Waals surface area contributed by atoms with Crippen LogP contribution in [0.3, 0.4) is 0 Å². The van der Waals surface area contributed by atoms with Gasteiger partial charge < -0.3 is 5.32 Å². The van der Waals surface area contributed by atoms with Gasteiger partial charge in [-0.1, -0.05) is 55.8 Å². The van der Waals surface area contributed by atoms with Gasteiger partial charge in [-0.25, -0.2) is 0 Å². The highest BCUT2D eigenvalue weighted by Gasteiger charge is 1.93. The van der Waals surface area contributed by atoms with E-state index >= 15 is 0 Å². The van der Waals surface area contributed by atoms with Crippen molar-refractivity contribution in [1.29, 1.82) is 0 Å². The average Bonchev–Trinajstić information content (AvgIpc) is 2.16. The van der Waals surface area contributed by atoms with Crippen molar-refractivity contribution in [3.05, 3.63) is 41.5 Å². The Morgan fingerprint density at radius 3 is 2.40 bits per heavy atom. The van der Waals surface area contributed by atoms with Crippen LogP contribution in [-0.4, -0.2) is 12.6 Å². The summed E-state index contributed by atoms with van der Waals surface area (Å²) in [5, 5.41) is 3.40. The minimum atomic E-state index is 0. The smallest absolute Gasteiger partial charge is 0.0167 e. The SMILES string of the molecule is CC(=Cc1ccccc1)CNC(C)C.Cl. The summed E-state index contributed by atoms with van der Waals surface area (Å²) in [6.07, 6.45) is 2.22. The lowest BCUT2D eigenvalue weighted by Crippen LogP contribution is -2.24. The molecule has 1 rings (SSSR count). The predicted molar refractivity (Wildman–Crippen MR) is 70.5 cm³/mol. The second-order valence-corrected chi connectivity index (χ2v) is 3.94. The van der Waals surface area contributed by atoms with E-state index in [1.54, 1.807) is 0 Å². The number of nitrogens with one attached hydrogen (secondary N) is 1. The fourth-order valence-electron chi connectivity index (χ4n) is 1.25. The van der Waals surface area contributed by atoms with Crippen LogP contribution in [0.1, 0.15) is 26.3 Å². The van der Waals surface area contributed by atoms with Gasteiger partial charge in [0.25, 0.3) is 0 Å². The van der Waals surface area contributed by atoms with Crippen molar-refractivity contribution < 1.29 is 0 Å². The Balaban J connectivity index is 0.00000196. The second kappa shape index (κ2) is 7.49. The van der Waals surface area contributed by atoms with E-state index < -0.39 is 0 Å². The number of hydrogen-bond acceptors (Lipinski definition) is 1. The van der Waals surface area contributed by atoms with Crippen molar-refractivity contribution in [1.82, 2.24) is 5.32 Å². The first-order chi connectivity index (χ1) is 6.68. The molecule has 0 aliphatic carbocycles. The van der Waals surface area contributed by atoms with E-state index in [1.807, 2.05) is 6.07 Å². The van der Waals surface area contributed by atoms with Crippen LogP contribution in [-0.2, 0) is 0 Å². The van der Waals surface area contributed by atoms with E-state index in [0.717, 1.165) is 6.54 Å². The van der Waals surface area contributed by atoms with Gasteiger partial charge >= 0.3 is 0 Å². The maximum absolute atomic E-state index is 3.40. The molecule has 0 aliphatic rings.